The molecule has 0 aliphatic carbocycles. The molecule has 0 spiro atoms. The minimum atomic E-state index is -0.395. The van der Waals surface area contributed by atoms with E-state index in [2.05, 4.69) is 21.9 Å². The van der Waals surface area contributed by atoms with Gasteiger partial charge in [-0.1, -0.05) is 13.8 Å². The highest BCUT2D eigenvalue weighted by Gasteiger charge is 2.12. The van der Waals surface area contributed by atoms with Crippen molar-refractivity contribution < 1.29 is 9.53 Å². The van der Waals surface area contributed by atoms with Crippen LogP contribution in [0.3, 0.4) is 0 Å². The average Bonchev–Trinajstić information content (AvgIpc) is 1.98. The lowest BCUT2D eigenvalue weighted by Crippen LogP contribution is -2.17. The molecule has 0 amide bonds. The maximum absolute atomic E-state index is 10.9. The summed E-state index contributed by atoms with van der Waals surface area (Å²) >= 11 is 3.67. The molecule has 0 heterocycles. The third-order valence-corrected chi connectivity index (χ3v) is 1.38. The molecule has 0 bridgehead atoms. The minimum absolute atomic E-state index is 0.380. The summed E-state index contributed by atoms with van der Waals surface area (Å²) in [6, 6.07) is 0. The number of thiol groups is 1. The largest absolute Gasteiger partial charge is 0.465 e. The zero-order valence-electron chi connectivity index (χ0n) is 7.00. The zero-order chi connectivity index (χ0) is 8.85. The van der Waals surface area contributed by atoms with Crippen LogP contribution in [0.15, 0.2) is 4.40 Å². The molecule has 3 nitrogen and oxygen atoms in total. The van der Waals surface area contributed by atoms with Crippen molar-refractivity contribution in [1.82, 2.24) is 0 Å². The summed E-state index contributed by atoms with van der Waals surface area (Å²) in [6.07, 6.45) is 0.607. The van der Waals surface area contributed by atoms with Crippen molar-refractivity contribution in [2.75, 3.05) is 7.11 Å². The Hall–Kier alpha value is -0.510. The van der Waals surface area contributed by atoms with E-state index in [9.17, 15) is 4.79 Å². The summed E-state index contributed by atoms with van der Waals surface area (Å²) in [5.41, 5.74) is 0.380. The highest BCUT2D eigenvalue weighted by molar-refractivity contribution is 7.79. The first-order valence-electron chi connectivity index (χ1n) is 3.41. The van der Waals surface area contributed by atoms with Gasteiger partial charge >= 0.3 is 5.97 Å². The number of esters is 1. The third kappa shape index (κ3) is 4.03. The number of carbonyl (C=O) groups is 1. The number of hydrogen-bond acceptors (Lipinski definition) is 4. The third-order valence-electron chi connectivity index (χ3n) is 1.14. The van der Waals surface area contributed by atoms with Crippen molar-refractivity contribution in [2.45, 2.75) is 20.3 Å². The van der Waals surface area contributed by atoms with Gasteiger partial charge in [0.1, 0.15) is 5.71 Å². The first kappa shape index (κ1) is 10.5. The highest BCUT2D eigenvalue weighted by atomic mass is 32.1. The standard InChI is InChI=1S/C7H13NO2S/c1-5(2)4-6(8-11)7(9)10-3/h5,11H,4H2,1-3H3/b8-6-. The molecule has 0 atom stereocenters. The Morgan fingerprint density at radius 2 is 2.18 bits per heavy atom. The van der Waals surface area contributed by atoms with E-state index in [4.69, 9.17) is 0 Å². The summed E-state index contributed by atoms with van der Waals surface area (Å²) in [4.78, 5) is 10.9. The van der Waals surface area contributed by atoms with Crippen molar-refractivity contribution in [3.8, 4) is 0 Å². The quantitative estimate of drug-likeness (QED) is 0.401. The maximum Gasteiger partial charge on any atom is 0.353 e. The molecule has 0 aromatic carbocycles. The number of methoxy groups -OCH3 is 1. The molecular weight excluding hydrogens is 162 g/mol. The zero-order valence-corrected chi connectivity index (χ0v) is 7.89. The van der Waals surface area contributed by atoms with Crippen molar-refractivity contribution in [2.24, 2.45) is 10.3 Å². The van der Waals surface area contributed by atoms with E-state index in [1.165, 1.54) is 7.11 Å². The van der Waals surface area contributed by atoms with Gasteiger partial charge in [0.15, 0.2) is 0 Å². The summed E-state index contributed by atoms with van der Waals surface area (Å²) in [5, 5.41) is 0. The van der Waals surface area contributed by atoms with Crippen LogP contribution in [0.2, 0.25) is 0 Å². The number of carbonyl (C=O) groups excluding carboxylic acids is 1. The van der Waals surface area contributed by atoms with Crippen LogP contribution in [0.4, 0.5) is 0 Å². The smallest absolute Gasteiger partial charge is 0.353 e. The number of rotatable bonds is 3. The molecule has 0 fully saturated rings. The van der Waals surface area contributed by atoms with E-state index in [0.717, 1.165) is 0 Å². The van der Waals surface area contributed by atoms with Gasteiger partial charge in [-0.25, -0.2) is 9.19 Å². The molecule has 0 aliphatic rings. The van der Waals surface area contributed by atoms with Crippen molar-refractivity contribution in [3.63, 3.8) is 0 Å². The molecule has 0 N–H and O–H groups in total. The molecule has 11 heavy (non-hydrogen) atoms. The van der Waals surface area contributed by atoms with Gasteiger partial charge in [-0.3, -0.25) is 0 Å². The van der Waals surface area contributed by atoms with E-state index in [-0.39, 0.29) is 0 Å². The van der Waals surface area contributed by atoms with E-state index in [0.29, 0.717) is 18.1 Å². The van der Waals surface area contributed by atoms with Gasteiger partial charge in [0.25, 0.3) is 0 Å². The highest BCUT2D eigenvalue weighted by Crippen LogP contribution is 2.03. The Balaban J connectivity index is 4.09. The molecular formula is C7H13NO2S. The summed E-state index contributed by atoms with van der Waals surface area (Å²) in [7, 11) is 1.33. The molecule has 4 heteroatoms. The van der Waals surface area contributed by atoms with Crippen molar-refractivity contribution >= 4 is 24.5 Å². The average molecular weight is 175 g/mol. The Labute approximate surface area is 72.4 Å². The predicted octanol–water partition coefficient (Wildman–Crippen LogP) is 1.49. The minimum Gasteiger partial charge on any atom is -0.465 e. The number of hydrogen-bond donors (Lipinski definition) is 1. The second kappa shape index (κ2) is 5.18. The molecule has 64 valence electrons. The summed E-state index contributed by atoms with van der Waals surface area (Å²) < 4.78 is 8.02. The molecule has 0 saturated heterocycles. The molecule has 0 aromatic rings. The Kier molecular flexibility index (Phi) is 4.94. The molecule has 0 aliphatic heterocycles. The van der Waals surface area contributed by atoms with Crippen LogP contribution in [0.25, 0.3) is 0 Å². The van der Waals surface area contributed by atoms with Gasteiger partial charge in [-0.15, -0.1) is 0 Å². The number of nitrogens with zero attached hydrogens (tertiary/aromatic N) is 1. The van der Waals surface area contributed by atoms with Gasteiger partial charge in [0.05, 0.1) is 7.11 Å². The molecule has 0 rings (SSSR count). The van der Waals surface area contributed by atoms with Crippen molar-refractivity contribution in [1.29, 1.82) is 0 Å². The van der Waals surface area contributed by atoms with Gasteiger partial charge in [0.2, 0.25) is 0 Å². The lowest BCUT2D eigenvalue weighted by Gasteiger charge is -2.04. The monoisotopic (exact) mass is 175 g/mol. The normalized spacial score (nSPS) is 11.9. The fraction of sp³-hybridized carbons (Fsp3) is 0.714. The summed E-state index contributed by atoms with van der Waals surface area (Å²) in [6.45, 7) is 4.00. The van der Waals surface area contributed by atoms with Crippen LogP contribution in [-0.4, -0.2) is 18.8 Å². The van der Waals surface area contributed by atoms with E-state index < -0.39 is 5.97 Å². The number of ether oxygens (including phenoxy) is 1. The lowest BCUT2D eigenvalue weighted by atomic mass is 10.1. The van der Waals surface area contributed by atoms with E-state index in [1.807, 2.05) is 13.8 Å². The first-order chi connectivity index (χ1) is 5.11. The van der Waals surface area contributed by atoms with Crippen molar-refractivity contribution in [3.05, 3.63) is 0 Å². The molecule has 0 aromatic heterocycles. The van der Waals surface area contributed by atoms with Crippen LogP contribution in [-0.2, 0) is 9.53 Å². The van der Waals surface area contributed by atoms with Crippen LogP contribution < -0.4 is 0 Å². The Morgan fingerprint density at radius 3 is 2.45 bits per heavy atom. The van der Waals surface area contributed by atoms with Crippen LogP contribution in [0.5, 0.6) is 0 Å². The second-order valence-corrected chi connectivity index (χ2v) is 2.84. The molecule has 0 saturated carbocycles. The topological polar surface area (TPSA) is 38.7 Å². The van der Waals surface area contributed by atoms with E-state index >= 15 is 0 Å². The van der Waals surface area contributed by atoms with Gasteiger partial charge in [-0.2, -0.15) is 0 Å². The fourth-order valence-electron chi connectivity index (χ4n) is 0.669. The Bertz CT molecular complexity index is 166. The molecule has 0 radical (unpaired) electrons. The van der Waals surface area contributed by atoms with Crippen LogP contribution in [0.1, 0.15) is 20.3 Å². The maximum atomic E-state index is 10.9. The second-order valence-electron chi connectivity index (χ2n) is 2.64. The van der Waals surface area contributed by atoms with Gasteiger partial charge < -0.3 is 4.74 Å². The lowest BCUT2D eigenvalue weighted by molar-refractivity contribution is -0.132. The predicted molar refractivity (Wildman–Crippen MR) is 47.9 cm³/mol. The molecule has 0 unspecified atom stereocenters. The Morgan fingerprint density at radius 1 is 1.64 bits per heavy atom. The summed E-state index contributed by atoms with van der Waals surface area (Å²) in [5.74, 6) is -0.00583. The SMILES string of the molecule is COC(=O)/C(CC(C)C)=N\S. The van der Waals surface area contributed by atoms with Gasteiger partial charge in [-0.05, 0) is 25.2 Å². The van der Waals surface area contributed by atoms with Gasteiger partial charge in [0, 0.05) is 0 Å². The fourth-order valence-corrected chi connectivity index (χ4v) is 0.833. The van der Waals surface area contributed by atoms with Crippen LogP contribution >= 0.6 is 12.8 Å². The van der Waals surface area contributed by atoms with E-state index in [1.54, 1.807) is 0 Å². The first-order valence-corrected chi connectivity index (χ1v) is 3.81. The van der Waals surface area contributed by atoms with Crippen LogP contribution in [0, 0.1) is 5.92 Å².